The summed E-state index contributed by atoms with van der Waals surface area (Å²) in [4.78, 5) is 12.4. The summed E-state index contributed by atoms with van der Waals surface area (Å²) in [7, 11) is 3.15. The molecule has 0 fully saturated rings. The molecule has 0 unspecified atom stereocenters. The van der Waals surface area contributed by atoms with E-state index in [9.17, 15) is 4.79 Å². The van der Waals surface area contributed by atoms with Crippen molar-refractivity contribution in [2.24, 2.45) is 7.05 Å². The zero-order valence-corrected chi connectivity index (χ0v) is 11.3. The molecule has 0 saturated carbocycles. The van der Waals surface area contributed by atoms with Gasteiger partial charge in [0.2, 0.25) is 5.78 Å². The maximum Gasteiger partial charge on any atom is 0.216 e. The molecule has 0 spiro atoms. The number of methoxy groups -OCH3 is 1. The second kappa shape index (κ2) is 5.00. The number of hydrogen-bond acceptors (Lipinski definition) is 3. The highest BCUT2D eigenvalue weighted by Crippen LogP contribution is 2.26. The first-order valence-corrected chi connectivity index (χ1v) is 5.86. The Balaban J connectivity index is 2.51. The maximum atomic E-state index is 12.4. The van der Waals surface area contributed by atoms with Gasteiger partial charge in [-0.25, -0.2) is 0 Å². The predicted octanol–water partition coefficient (Wildman–Crippen LogP) is 2.97. The van der Waals surface area contributed by atoms with Crippen LogP contribution in [0, 0.1) is 0 Å². The van der Waals surface area contributed by atoms with E-state index in [2.05, 4.69) is 5.10 Å². The lowest BCUT2D eigenvalue weighted by molar-refractivity contribution is 0.102. The normalized spacial score (nSPS) is 10.4. The van der Waals surface area contributed by atoms with Crippen molar-refractivity contribution >= 4 is 29.0 Å². The molecule has 1 aromatic carbocycles. The van der Waals surface area contributed by atoms with E-state index in [0.717, 1.165) is 0 Å². The Morgan fingerprint density at radius 3 is 2.72 bits per heavy atom. The van der Waals surface area contributed by atoms with Crippen molar-refractivity contribution in [2.45, 2.75) is 0 Å². The zero-order chi connectivity index (χ0) is 13.3. The second-order valence-electron chi connectivity index (χ2n) is 3.64. The molecule has 0 radical (unpaired) electrons. The van der Waals surface area contributed by atoms with Crippen LogP contribution in [-0.2, 0) is 7.05 Å². The highest BCUT2D eigenvalue weighted by atomic mass is 35.5. The van der Waals surface area contributed by atoms with E-state index in [-0.39, 0.29) is 5.78 Å². The van der Waals surface area contributed by atoms with Crippen LogP contribution >= 0.6 is 23.2 Å². The van der Waals surface area contributed by atoms with Gasteiger partial charge in [0.05, 0.1) is 18.3 Å². The van der Waals surface area contributed by atoms with Gasteiger partial charge in [0, 0.05) is 17.6 Å². The predicted molar refractivity (Wildman–Crippen MR) is 69.7 cm³/mol. The van der Waals surface area contributed by atoms with Crippen LogP contribution in [0.3, 0.4) is 0 Å². The molecule has 2 rings (SSSR count). The molecule has 1 aromatic heterocycles. The minimum absolute atomic E-state index is 0.256. The van der Waals surface area contributed by atoms with Gasteiger partial charge in [-0.3, -0.25) is 9.48 Å². The zero-order valence-electron chi connectivity index (χ0n) is 9.78. The third kappa shape index (κ3) is 2.21. The third-order valence-electron chi connectivity index (χ3n) is 2.52. The number of rotatable bonds is 3. The van der Waals surface area contributed by atoms with E-state index in [1.807, 2.05) is 0 Å². The molecule has 0 saturated heterocycles. The van der Waals surface area contributed by atoms with Crippen LogP contribution in [0.2, 0.25) is 10.0 Å². The van der Waals surface area contributed by atoms with Gasteiger partial charge in [0.1, 0.15) is 0 Å². The van der Waals surface area contributed by atoms with Gasteiger partial charge in [-0.2, -0.15) is 5.10 Å². The van der Waals surface area contributed by atoms with Crippen LogP contribution in [0.1, 0.15) is 16.1 Å². The van der Waals surface area contributed by atoms with E-state index < -0.39 is 0 Å². The number of hydrogen-bond donors (Lipinski definition) is 0. The highest BCUT2D eigenvalue weighted by Gasteiger charge is 2.21. The summed E-state index contributed by atoms with van der Waals surface area (Å²) in [5.74, 6) is 0.155. The topological polar surface area (TPSA) is 44.1 Å². The fraction of sp³-hybridized carbons (Fsp3) is 0.167. The van der Waals surface area contributed by atoms with Crippen LogP contribution in [0.15, 0.2) is 24.4 Å². The molecule has 0 N–H and O–H groups in total. The number of ether oxygens (including phenoxy) is 1. The molecule has 94 valence electrons. The summed E-state index contributed by atoms with van der Waals surface area (Å²) in [6, 6.07) is 4.72. The van der Waals surface area contributed by atoms with Crippen molar-refractivity contribution in [1.82, 2.24) is 9.78 Å². The number of carbonyl (C=O) groups is 1. The molecule has 0 aliphatic carbocycles. The smallest absolute Gasteiger partial charge is 0.216 e. The Morgan fingerprint density at radius 2 is 2.11 bits per heavy atom. The van der Waals surface area contributed by atoms with E-state index in [4.69, 9.17) is 27.9 Å². The molecule has 0 bridgehead atoms. The quantitative estimate of drug-likeness (QED) is 0.814. The molecule has 1 heterocycles. The monoisotopic (exact) mass is 284 g/mol. The molecular formula is C12H10Cl2N2O2. The summed E-state index contributed by atoms with van der Waals surface area (Å²) in [5.41, 5.74) is 0.713. The van der Waals surface area contributed by atoms with Crippen molar-refractivity contribution in [1.29, 1.82) is 0 Å². The maximum absolute atomic E-state index is 12.4. The first-order chi connectivity index (χ1) is 8.54. The second-order valence-corrected chi connectivity index (χ2v) is 4.48. The van der Waals surface area contributed by atoms with Crippen LogP contribution in [0.25, 0.3) is 0 Å². The van der Waals surface area contributed by atoms with Crippen LogP contribution in [0.4, 0.5) is 0 Å². The lowest BCUT2D eigenvalue weighted by Gasteiger charge is -2.06. The summed E-state index contributed by atoms with van der Waals surface area (Å²) in [6.07, 6.45) is 1.48. The summed E-state index contributed by atoms with van der Waals surface area (Å²) >= 11 is 11.8. The number of halogens is 2. The molecule has 0 atom stereocenters. The Morgan fingerprint density at radius 1 is 1.39 bits per heavy atom. The molecular weight excluding hydrogens is 275 g/mol. The number of carbonyl (C=O) groups excluding carboxylic acids is 1. The van der Waals surface area contributed by atoms with E-state index in [0.29, 0.717) is 27.1 Å². The van der Waals surface area contributed by atoms with Crippen molar-refractivity contribution in [3.05, 3.63) is 45.7 Å². The average molecular weight is 285 g/mol. The molecule has 6 heteroatoms. The van der Waals surface area contributed by atoms with Crippen molar-refractivity contribution < 1.29 is 9.53 Å². The van der Waals surface area contributed by atoms with Crippen molar-refractivity contribution in [2.75, 3.05) is 7.11 Å². The fourth-order valence-corrected chi connectivity index (χ4v) is 2.12. The Labute approximate surface area is 114 Å². The standard InChI is InChI=1S/C12H10Cl2N2O2/c1-16-11(10(18-2)6-15-16)12(17)8-4-3-7(13)5-9(8)14/h3-6H,1-2H3. The fourth-order valence-electron chi connectivity index (χ4n) is 1.63. The lowest BCUT2D eigenvalue weighted by Crippen LogP contribution is -2.10. The molecule has 4 nitrogen and oxygen atoms in total. The third-order valence-corrected chi connectivity index (χ3v) is 3.06. The Bertz CT molecular complexity index is 608. The van der Waals surface area contributed by atoms with Gasteiger partial charge in [-0.05, 0) is 18.2 Å². The van der Waals surface area contributed by atoms with Gasteiger partial charge in [-0.15, -0.1) is 0 Å². The van der Waals surface area contributed by atoms with Crippen LogP contribution < -0.4 is 4.74 Å². The van der Waals surface area contributed by atoms with Gasteiger partial charge in [-0.1, -0.05) is 23.2 Å². The Hall–Kier alpha value is -1.52. The molecule has 0 aliphatic heterocycles. The molecule has 18 heavy (non-hydrogen) atoms. The SMILES string of the molecule is COc1cnn(C)c1C(=O)c1ccc(Cl)cc1Cl. The average Bonchev–Trinajstić information content (AvgIpc) is 2.69. The van der Waals surface area contributed by atoms with Gasteiger partial charge in [0.15, 0.2) is 11.4 Å². The summed E-state index contributed by atoms with van der Waals surface area (Å²) in [6.45, 7) is 0. The highest BCUT2D eigenvalue weighted by molar-refractivity contribution is 6.37. The largest absolute Gasteiger partial charge is 0.493 e. The van der Waals surface area contributed by atoms with E-state index >= 15 is 0 Å². The van der Waals surface area contributed by atoms with E-state index in [1.54, 1.807) is 19.2 Å². The molecule has 0 aliphatic rings. The number of aryl methyl sites for hydroxylation is 1. The van der Waals surface area contributed by atoms with Crippen LogP contribution in [0.5, 0.6) is 5.75 Å². The first kappa shape index (κ1) is 12.9. The summed E-state index contributed by atoms with van der Waals surface area (Å²) in [5, 5.41) is 4.76. The van der Waals surface area contributed by atoms with Crippen molar-refractivity contribution in [3.8, 4) is 5.75 Å². The lowest BCUT2D eigenvalue weighted by atomic mass is 10.1. The Kier molecular flexibility index (Phi) is 3.59. The number of aromatic nitrogens is 2. The molecule has 2 aromatic rings. The number of nitrogens with zero attached hydrogens (tertiary/aromatic N) is 2. The minimum atomic E-state index is -0.256. The summed E-state index contributed by atoms with van der Waals surface area (Å²) < 4.78 is 6.55. The number of benzene rings is 1. The van der Waals surface area contributed by atoms with E-state index in [1.165, 1.54) is 24.1 Å². The number of ketones is 1. The first-order valence-electron chi connectivity index (χ1n) is 5.10. The van der Waals surface area contributed by atoms with Gasteiger partial charge >= 0.3 is 0 Å². The van der Waals surface area contributed by atoms with Crippen LogP contribution in [-0.4, -0.2) is 22.7 Å². The minimum Gasteiger partial charge on any atom is -0.493 e. The molecule has 0 amide bonds. The van der Waals surface area contributed by atoms with Gasteiger partial charge in [0.25, 0.3) is 0 Å². The van der Waals surface area contributed by atoms with Crippen molar-refractivity contribution in [3.63, 3.8) is 0 Å². The van der Waals surface area contributed by atoms with Gasteiger partial charge < -0.3 is 4.74 Å².